The fraction of sp³-hybridized carbons (Fsp3) is 0.571. The fourth-order valence-corrected chi connectivity index (χ4v) is 2.65. The van der Waals surface area contributed by atoms with Gasteiger partial charge in [0.2, 0.25) is 0 Å². The number of aliphatic hydroxyl groups excluding tert-OH is 1. The molecule has 1 unspecified atom stereocenters. The van der Waals surface area contributed by atoms with Gasteiger partial charge in [-0.3, -0.25) is 0 Å². The van der Waals surface area contributed by atoms with Crippen molar-refractivity contribution in [2.45, 2.75) is 45.1 Å². The summed E-state index contributed by atoms with van der Waals surface area (Å²) in [5.74, 6) is 0.401. The number of aryl methyl sites for hydroxylation is 1. The van der Waals surface area contributed by atoms with Crippen molar-refractivity contribution in [1.82, 2.24) is 0 Å². The molecule has 1 aromatic rings. The van der Waals surface area contributed by atoms with E-state index in [2.05, 4.69) is 0 Å². The Bertz CT molecular complexity index is 356. The second kappa shape index (κ2) is 4.88. The van der Waals surface area contributed by atoms with Crippen molar-refractivity contribution < 1.29 is 5.11 Å². The van der Waals surface area contributed by atoms with E-state index < -0.39 is 0 Å². The first-order chi connectivity index (χ1) is 7.68. The lowest BCUT2D eigenvalue weighted by atomic mass is 9.82. The van der Waals surface area contributed by atoms with Gasteiger partial charge in [-0.15, -0.1) is 0 Å². The van der Waals surface area contributed by atoms with Crippen LogP contribution in [-0.4, -0.2) is 5.11 Å². The number of hydrogen-bond acceptors (Lipinski definition) is 2. The number of benzene rings is 1. The number of nitrogen functional groups attached to an aromatic ring is 1. The van der Waals surface area contributed by atoms with Crippen LogP contribution in [0, 0.1) is 12.8 Å². The molecule has 0 radical (unpaired) electrons. The lowest BCUT2D eigenvalue weighted by Crippen LogP contribution is -2.17. The molecule has 0 amide bonds. The summed E-state index contributed by atoms with van der Waals surface area (Å²) in [6.07, 6.45) is 5.69. The van der Waals surface area contributed by atoms with Crippen LogP contribution >= 0.6 is 0 Å². The summed E-state index contributed by atoms with van der Waals surface area (Å²) in [5.41, 5.74) is 8.75. The smallest absolute Gasteiger partial charge is 0.0838 e. The van der Waals surface area contributed by atoms with Crippen molar-refractivity contribution in [3.63, 3.8) is 0 Å². The summed E-state index contributed by atoms with van der Waals surface area (Å²) >= 11 is 0. The van der Waals surface area contributed by atoms with Gasteiger partial charge in [-0.1, -0.05) is 37.0 Å². The molecule has 88 valence electrons. The maximum absolute atomic E-state index is 10.4. The van der Waals surface area contributed by atoms with Crippen molar-refractivity contribution in [2.24, 2.45) is 5.92 Å². The van der Waals surface area contributed by atoms with Gasteiger partial charge < -0.3 is 10.8 Å². The monoisotopic (exact) mass is 219 g/mol. The molecule has 1 aromatic carbocycles. The Morgan fingerprint density at radius 3 is 2.62 bits per heavy atom. The minimum Gasteiger partial charge on any atom is -0.398 e. The fourth-order valence-electron chi connectivity index (χ4n) is 2.65. The summed E-state index contributed by atoms with van der Waals surface area (Å²) in [7, 11) is 0. The predicted octanol–water partition coefficient (Wildman–Crippen LogP) is 3.19. The van der Waals surface area contributed by atoms with Gasteiger partial charge in [0.15, 0.2) is 0 Å². The molecule has 0 bridgehead atoms. The third-order valence-electron chi connectivity index (χ3n) is 3.66. The summed E-state index contributed by atoms with van der Waals surface area (Å²) in [6, 6.07) is 5.91. The summed E-state index contributed by atoms with van der Waals surface area (Å²) in [6.45, 7) is 2.04. The van der Waals surface area contributed by atoms with E-state index in [9.17, 15) is 5.11 Å². The average molecular weight is 219 g/mol. The maximum Gasteiger partial charge on any atom is 0.0838 e. The third kappa shape index (κ3) is 2.38. The van der Waals surface area contributed by atoms with Crippen molar-refractivity contribution in [3.05, 3.63) is 29.3 Å². The van der Waals surface area contributed by atoms with E-state index in [1.165, 1.54) is 24.8 Å². The van der Waals surface area contributed by atoms with E-state index in [0.717, 1.165) is 24.1 Å². The quantitative estimate of drug-likeness (QED) is 0.750. The zero-order valence-corrected chi connectivity index (χ0v) is 9.95. The Balaban J connectivity index is 2.18. The van der Waals surface area contributed by atoms with Crippen LogP contribution in [0.2, 0.25) is 0 Å². The Labute approximate surface area is 97.5 Å². The first kappa shape index (κ1) is 11.5. The number of nitrogens with two attached hydrogens (primary N) is 1. The van der Waals surface area contributed by atoms with E-state index in [1.807, 2.05) is 25.1 Å². The van der Waals surface area contributed by atoms with Gasteiger partial charge in [0.1, 0.15) is 0 Å². The molecule has 1 fully saturated rings. The Morgan fingerprint density at radius 2 is 1.94 bits per heavy atom. The molecule has 2 nitrogen and oxygen atoms in total. The second-order valence-electron chi connectivity index (χ2n) is 4.98. The molecule has 1 atom stereocenters. The van der Waals surface area contributed by atoms with E-state index in [4.69, 9.17) is 5.73 Å². The minimum absolute atomic E-state index is 0.375. The van der Waals surface area contributed by atoms with E-state index in [0.29, 0.717) is 5.92 Å². The molecular formula is C14H21NO. The summed E-state index contributed by atoms with van der Waals surface area (Å²) < 4.78 is 0. The molecule has 2 heteroatoms. The van der Waals surface area contributed by atoms with Crippen molar-refractivity contribution >= 4 is 5.69 Å². The van der Waals surface area contributed by atoms with Crippen LogP contribution in [0.3, 0.4) is 0 Å². The molecule has 1 aliphatic rings. The van der Waals surface area contributed by atoms with Crippen LogP contribution in [0.5, 0.6) is 0 Å². The SMILES string of the molecule is Cc1ccc(N)c(C(O)C2CCCCC2)c1. The lowest BCUT2D eigenvalue weighted by molar-refractivity contribution is 0.0854. The molecule has 0 aliphatic heterocycles. The highest BCUT2D eigenvalue weighted by molar-refractivity contribution is 5.49. The molecule has 1 saturated carbocycles. The summed E-state index contributed by atoms with van der Waals surface area (Å²) in [5, 5.41) is 10.4. The topological polar surface area (TPSA) is 46.2 Å². The zero-order valence-electron chi connectivity index (χ0n) is 9.95. The normalized spacial score (nSPS) is 19.6. The average Bonchev–Trinajstić information content (AvgIpc) is 2.32. The molecule has 0 spiro atoms. The van der Waals surface area contributed by atoms with Gasteiger partial charge in [0.25, 0.3) is 0 Å². The van der Waals surface area contributed by atoms with Crippen molar-refractivity contribution in [2.75, 3.05) is 5.73 Å². The highest BCUT2D eigenvalue weighted by Crippen LogP contribution is 2.36. The van der Waals surface area contributed by atoms with Crippen molar-refractivity contribution in [3.8, 4) is 0 Å². The van der Waals surface area contributed by atoms with Gasteiger partial charge in [-0.2, -0.15) is 0 Å². The van der Waals surface area contributed by atoms with Crippen LogP contribution < -0.4 is 5.73 Å². The molecule has 0 saturated heterocycles. The first-order valence-electron chi connectivity index (χ1n) is 6.22. The van der Waals surface area contributed by atoms with Crippen LogP contribution in [0.25, 0.3) is 0 Å². The standard InChI is InChI=1S/C14H21NO/c1-10-7-8-13(15)12(9-10)14(16)11-5-3-2-4-6-11/h7-9,11,14,16H,2-6,15H2,1H3. The van der Waals surface area contributed by atoms with Gasteiger partial charge in [0, 0.05) is 11.3 Å². The minimum atomic E-state index is -0.375. The highest BCUT2D eigenvalue weighted by atomic mass is 16.3. The van der Waals surface area contributed by atoms with Gasteiger partial charge in [-0.05, 0) is 31.7 Å². The molecule has 1 aliphatic carbocycles. The number of anilines is 1. The van der Waals surface area contributed by atoms with E-state index >= 15 is 0 Å². The predicted molar refractivity (Wildman–Crippen MR) is 67.1 cm³/mol. The van der Waals surface area contributed by atoms with Gasteiger partial charge >= 0.3 is 0 Å². The number of hydrogen-bond donors (Lipinski definition) is 2. The Kier molecular flexibility index (Phi) is 3.49. The van der Waals surface area contributed by atoms with Crippen LogP contribution in [-0.2, 0) is 0 Å². The van der Waals surface area contributed by atoms with E-state index in [1.54, 1.807) is 0 Å². The first-order valence-corrected chi connectivity index (χ1v) is 6.22. The Morgan fingerprint density at radius 1 is 1.25 bits per heavy atom. The van der Waals surface area contributed by atoms with Crippen LogP contribution in [0.15, 0.2) is 18.2 Å². The molecular weight excluding hydrogens is 198 g/mol. The number of rotatable bonds is 2. The van der Waals surface area contributed by atoms with Crippen molar-refractivity contribution in [1.29, 1.82) is 0 Å². The van der Waals surface area contributed by atoms with E-state index in [-0.39, 0.29) is 6.10 Å². The third-order valence-corrected chi connectivity index (χ3v) is 3.66. The summed E-state index contributed by atoms with van der Waals surface area (Å²) in [4.78, 5) is 0. The van der Waals surface area contributed by atoms with Gasteiger partial charge in [0.05, 0.1) is 6.10 Å². The lowest BCUT2D eigenvalue weighted by Gasteiger charge is -2.27. The Hall–Kier alpha value is -1.02. The highest BCUT2D eigenvalue weighted by Gasteiger charge is 2.24. The zero-order chi connectivity index (χ0) is 11.5. The maximum atomic E-state index is 10.4. The molecule has 0 aromatic heterocycles. The van der Waals surface area contributed by atoms with Crippen LogP contribution in [0.1, 0.15) is 49.3 Å². The van der Waals surface area contributed by atoms with Gasteiger partial charge in [-0.25, -0.2) is 0 Å². The van der Waals surface area contributed by atoms with Crippen LogP contribution in [0.4, 0.5) is 5.69 Å². The number of aliphatic hydroxyl groups is 1. The molecule has 0 heterocycles. The molecule has 3 N–H and O–H groups in total. The second-order valence-corrected chi connectivity index (χ2v) is 4.98. The largest absolute Gasteiger partial charge is 0.398 e. The molecule has 16 heavy (non-hydrogen) atoms. The molecule has 2 rings (SSSR count).